The summed E-state index contributed by atoms with van der Waals surface area (Å²) in [5.41, 5.74) is 1.61. The molecule has 1 saturated carbocycles. The van der Waals surface area contributed by atoms with E-state index in [-0.39, 0.29) is 5.04 Å². The van der Waals surface area contributed by atoms with Gasteiger partial charge in [0.2, 0.25) is 0 Å². The van der Waals surface area contributed by atoms with Gasteiger partial charge in [0.05, 0.1) is 5.56 Å². The monoisotopic (exact) mass is 320 g/mol. The highest BCUT2D eigenvalue weighted by atomic mass is 28.4. The van der Waals surface area contributed by atoms with E-state index in [1.54, 1.807) is 12.1 Å². The molecular formula is C18H28O3Si. The van der Waals surface area contributed by atoms with Crippen molar-refractivity contribution in [1.29, 1.82) is 0 Å². The van der Waals surface area contributed by atoms with Crippen molar-refractivity contribution in [3.8, 4) is 0 Å². The van der Waals surface area contributed by atoms with E-state index in [0.717, 1.165) is 6.61 Å². The quantitative estimate of drug-likeness (QED) is 0.785. The van der Waals surface area contributed by atoms with Crippen LogP contribution in [0.4, 0.5) is 0 Å². The van der Waals surface area contributed by atoms with Crippen LogP contribution in [0.3, 0.4) is 0 Å². The van der Waals surface area contributed by atoms with Crippen LogP contribution in [-0.4, -0.2) is 26.0 Å². The number of benzene rings is 1. The first-order valence-electron chi connectivity index (χ1n) is 8.09. The molecule has 2 atom stereocenters. The van der Waals surface area contributed by atoms with Gasteiger partial charge in [-0.15, -0.1) is 0 Å². The fourth-order valence-electron chi connectivity index (χ4n) is 2.61. The van der Waals surface area contributed by atoms with Crippen molar-refractivity contribution < 1.29 is 14.3 Å². The minimum absolute atomic E-state index is 0.245. The topological polar surface area (TPSA) is 46.5 Å². The molecule has 1 aromatic rings. The van der Waals surface area contributed by atoms with Crippen LogP contribution >= 0.6 is 0 Å². The Balaban J connectivity index is 1.96. The van der Waals surface area contributed by atoms with E-state index in [1.165, 1.54) is 18.4 Å². The highest BCUT2D eigenvalue weighted by Gasteiger charge is 2.40. The van der Waals surface area contributed by atoms with Gasteiger partial charge in [0, 0.05) is 6.61 Å². The van der Waals surface area contributed by atoms with Gasteiger partial charge in [-0.25, -0.2) is 4.79 Å². The average molecular weight is 321 g/mol. The second-order valence-electron chi connectivity index (χ2n) is 7.94. The van der Waals surface area contributed by atoms with Crippen molar-refractivity contribution >= 4 is 14.3 Å². The number of hydrogen-bond donors (Lipinski definition) is 1. The zero-order valence-corrected chi connectivity index (χ0v) is 15.3. The summed E-state index contributed by atoms with van der Waals surface area (Å²) in [5, 5.41) is 9.22. The molecule has 0 amide bonds. The van der Waals surface area contributed by atoms with Gasteiger partial charge in [0.25, 0.3) is 0 Å². The molecule has 1 fully saturated rings. The lowest BCUT2D eigenvalue weighted by atomic mass is 9.70. The molecule has 0 spiro atoms. The highest BCUT2D eigenvalue weighted by Crippen LogP contribution is 2.44. The Hall–Kier alpha value is -1.13. The largest absolute Gasteiger partial charge is 0.478 e. The van der Waals surface area contributed by atoms with Crippen LogP contribution in [0.5, 0.6) is 0 Å². The Labute approximate surface area is 134 Å². The van der Waals surface area contributed by atoms with Gasteiger partial charge >= 0.3 is 5.97 Å². The summed E-state index contributed by atoms with van der Waals surface area (Å²) in [5.74, 6) is 0.232. The van der Waals surface area contributed by atoms with E-state index in [4.69, 9.17) is 9.53 Å². The first-order chi connectivity index (χ1) is 10.1. The molecule has 0 heterocycles. The number of carboxylic acid groups (broad SMARTS) is 1. The summed E-state index contributed by atoms with van der Waals surface area (Å²) in [4.78, 5) is 10.9. The zero-order chi connectivity index (χ0) is 16.5. The molecule has 4 heteroatoms. The fraction of sp³-hybridized carbons (Fsp3) is 0.611. The molecule has 0 aromatic heterocycles. The van der Waals surface area contributed by atoms with Crippen molar-refractivity contribution in [2.75, 3.05) is 6.61 Å². The van der Waals surface area contributed by atoms with Crippen LogP contribution in [0, 0.1) is 5.92 Å². The van der Waals surface area contributed by atoms with E-state index in [1.807, 2.05) is 12.1 Å². The molecule has 122 valence electrons. The maximum Gasteiger partial charge on any atom is 0.335 e. The fourth-order valence-corrected chi connectivity index (χ4v) is 3.68. The third-order valence-corrected chi connectivity index (χ3v) is 9.97. The highest BCUT2D eigenvalue weighted by molar-refractivity contribution is 6.74. The normalized spacial score (nSPS) is 22.2. The summed E-state index contributed by atoms with van der Waals surface area (Å²) in [6.07, 6.45) is 2.39. The summed E-state index contributed by atoms with van der Waals surface area (Å²) in [6.45, 7) is 12.2. The second-order valence-corrected chi connectivity index (χ2v) is 12.8. The van der Waals surface area contributed by atoms with Gasteiger partial charge in [0.15, 0.2) is 8.32 Å². The summed E-state index contributed by atoms with van der Waals surface area (Å²) >= 11 is 0. The van der Waals surface area contributed by atoms with Gasteiger partial charge < -0.3 is 9.53 Å². The van der Waals surface area contributed by atoms with E-state index in [9.17, 15) is 4.79 Å². The molecule has 3 nitrogen and oxygen atoms in total. The van der Waals surface area contributed by atoms with Gasteiger partial charge in [-0.1, -0.05) is 32.9 Å². The SMILES string of the molecule is CC(C)(C)[Si](C)(C)OC[C@H]1CC[C@@H]1c1ccc(C(=O)O)cc1. The van der Waals surface area contributed by atoms with Crippen molar-refractivity contribution in [2.24, 2.45) is 5.92 Å². The third-order valence-electron chi connectivity index (χ3n) is 5.47. The van der Waals surface area contributed by atoms with Gasteiger partial charge in [-0.05, 0) is 60.5 Å². The summed E-state index contributed by atoms with van der Waals surface area (Å²) in [7, 11) is -1.68. The molecule has 22 heavy (non-hydrogen) atoms. The Morgan fingerprint density at radius 1 is 1.23 bits per heavy atom. The number of aromatic carboxylic acids is 1. The third kappa shape index (κ3) is 3.61. The molecule has 0 unspecified atom stereocenters. The molecular weight excluding hydrogens is 292 g/mol. The molecule has 0 radical (unpaired) electrons. The van der Waals surface area contributed by atoms with E-state index in [0.29, 0.717) is 17.4 Å². The van der Waals surface area contributed by atoms with E-state index in [2.05, 4.69) is 33.9 Å². The lowest BCUT2D eigenvalue weighted by Gasteiger charge is -2.42. The summed E-state index contributed by atoms with van der Waals surface area (Å²) in [6, 6.07) is 7.35. The summed E-state index contributed by atoms with van der Waals surface area (Å²) < 4.78 is 6.36. The molecule has 1 N–H and O–H groups in total. The predicted molar refractivity (Wildman–Crippen MR) is 92.0 cm³/mol. The van der Waals surface area contributed by atoms with Crippen LogP contribution in [-0.2, 0) is 4.43 Å². The Bertz CT molecular complexity index is 528. The van der Waals surface area contributed by atoms with Crippen molar-refractivity contribution in [3.05, 3.63) is 35.4 Å². The molecule has 0 aliphatic heterocycles. The average Bonchev–Trinajstić information content (AvgIpc) is 2.36. The number of rotatable bonds is 5. The smallest absolute Gasteiger partial charge is 0.335 e. The van der Waals surface area contributed by atoms with Gasteiger partial charge in [-0.3, -0.25) is 0 Å². The van der Waals surface area contributed by atoms with E-state index >= 15 is 0 Å². The molecule has 0 saturated heterocycles. The van der Waals surface area contributed by atoms with Crippen molar-refractivity contribution in [2.45, 2.75) is 57.7 Å². The minimum atomic E-state index is -1.68. The van der Waals surface area contributed by atoms with Crippen LogP contribution < -0.4 is 0 Å². The lowest BCUT2D eigenvalue weighted by Crippen LogP contribution is -2.43. The standard InChI is InChI=1S/C18H28O3Si/c1-18(2,3)22(4,5)21-12-15-10-11-16(15)13-6-8-14(9-7-13)17(19)20/h6-9,15-16H,10-12H2,1-5H3,(H,19,20)/t15-,16-/m1/s1. The second kappa shape index (κ2) is 6.17. The van der Waals surface area contributed by atoms with Gasteiger partial charge in [-0.2, -0.15) is 0 Å². The van der Waals surface area contributed by atoms with Crippen LogP contribution in [0.25, 0.3) is 0 Å². The number of hydrogen-bond acceptors (Lipinski definition) is 2. The number of carboxylic acids is 1. The van der Waals surface area contributed by atoms with Crippen molar-refractivity contribution in [1.82, 2.24) is 0 Å². The molecule has 2 rings (SSSR count). The Kier molecular flexibility index (Phi) is 4.83. The Morgan fingerprint density at radius 2 is 1.82 bits per heavy atom. The van der Waals surface area contributed by atoms with Gasteiger partial charge in [0.1, 0.15) is 0 Å². The van der Waals surface area contributed by atoms with Crippen LogP contribution in [0.2, 0.25) is 18.1 Å². The van der Waals surface area contributed by atoms with Crippen molar-refractivity contribution in [3.63, 3.8) is 0 Å². The lowest BCUT2D eigenvalue weighted by molar-refractivity contribution is 0.0696. The molecule has 0 bridgehead atoms. The molecule has 1 aliphatic carbocycles. The molecule has 1 aliphatic rings. The first-order valence-corrected chi connectivity index (χ1v) is 11.0. The maximum atomic E-state index is 10.9. The first kappa shape index (κ1) is 17.2. The maximum absolute atomic E-state index is 10.9. The minimum Gasteiger partial charge on any atom is -0.478 e. The Morgan fingerprint density at radius 3 is 2.23 bits per heavy atom. The van der Waals surface area contributed by atoms with Crippen LogP contribution in [0.1, 0.15) is 55.5 Å². The predicted octanol–water partition coefficient (Wildman–Crippen LogP) is 4.90. The molecule has 1 aromatic carbocycles. The zero-order valence-electron chi connectivity index (χ0n) is 14.3. The number of carbonyl (C=O) groups is 1. The van der Waals surface area contributed by atoms with E-state index < -0.39 is 14.3 Å². The van der Waals surface area contributed by atoms with Crippen LogP contribution in [0.15, 0.2) is 24.3 Å².